The van der Waals surface area contributed by atoms with Gasteiger partial charge in [0.15, 0.2) is 17.2 Å². The molecule has 0 saturated heterocycles. The maximum absolute atomic E-state index is 12.3. The van der Waals surface area contributed by atoms with E-state index in [9.17, 15) is 4.79 Å². The molecule has 1 aliphatic carbocycles. The third kappa shape index (κ3) is 2.72. The molecule has 0 bridgehead atoms. The minimum atomic E-state index is -0.125. The quantitative estimate of drug-likeness (QED) is 0.775. The molecule has 1 aromatic carbocycles. The zero-order chi connectivity index (χ0) is 15.6. The maximum Gasteiger partial charge on any atom is 0.272 e. The van der Waals surface area contributed by atoms with Crippen molar-refractivity contribution in [1.82, 2.24) is 20.5 Å². The fraction of sp³-hybridized carbons (Fsp3) is 0.353. The van der Waals surface area contributed by atoms with Gasteiger partial charge in [0, 0.05) is 24.2 Å². The van der Waals surface area contributed by atoms with Gasteiger partial charge in [0.2, 0.25) is 0 Å². The first-order valence-electron chi connectivity index (χ1n) is 8.00. The van der Waals surface area contributed by atoms with Crippen LogP contribution < -0.4 is 5.32 Å². The predicted octanol–water partition coefficient (Wildman–Crippen LogP) is 2.40. The Morgan fingerprint density at radius 2 is 2.13 bits per heavy atom. The Morgan fingerprint density at radius 3 is 3.04 bits per heavy atom. The Morgan fingerprint density at radius 1 is 1.26 bits per heavy atom. The molecule has 6 heteroatoms. The number of aryl methyl sites for hydroxylation is 1. The smallest absolute Gasteiger partial charge is 0.272 e. The van der Waals surface area contributed by atoms with Crippen LogP contribution in [0, 0.1) is 0 Å². The van der Waals surface area contributed by atoms with Gasteiger partial charge in [0.25, 0.3) is 5.91 Å². The van der Waals surface area contributed by atoms with Crippen molar-refractivity contribution in [1.29, 1.82) is 0 Å². The summed E-state index contributed by atoms with van der Waals surface area (Å²) in [6.07, 6.45) is 4.76. The number of H-pyrrole nitrogens is 1. The van der Waals surface area contributed by atoms with Crippen LogP contribution in [-0.2, 0) is 19.3 Å². The second kappa shape index (κ2) is 5.87. The molecule has 0 radical (unpaired) electrons. The molecule has 6 nitrogen and oxygen atoms in total. The van der Waals surface area contributed by atoms with E-state index in [0.717, 1.165) is 48.0 Å². The monoisotopic (exact) mass is 310 g/mol. The van der Waals surface area contributed by atoms with Crippen molar-refractivity contribution < 1.29 is 9.21 Å². The number of carbonyl (C=O) groups is 1. The van der Waals surface area contributed by atoms with Crippen molar-refractivity contribution in [3.63, 3.8) is 0 Å². The summed E-state index contributed by atoms with van der Waals surface area (Å²) in [5, 5.41) is 10.1. The van der Waals surface area contributed by atoms with Gasteiger partial charge in [-0.25, -0.2) is 4.98 Å². The third-order valence-corrected chi connectivity index (χ3v) is 4.23. The van der Waals surface area contributed by atoms with Gasteiger partial charge in [0.05, 0.1) is 0 Å². The average molecular weight is 310 g/mol. The van der Waals surface area contributed by atoms with E-state index in [1.807, 2.05) is 24.3 Å². The summed E-state index contributed by atoms with van der Waals surface area (Å²) in [6.45, 7) is 0.479. The number of amides is 1. The fourth-order valence-electron chi connectivity index (χ4n) is 3.06. The summed E-state index contributed by atoms with van der Waals surface area (Å²) in [5.74, 6) is 0.510. The molecule has 1 aliphatic rings. The molecule has 1 amide bonds. The van der Waals surface area contributed by atoms with Crippen molar-refractivity contribution in [3.05, 3.63) is 47.1 Å². The number of aromatic amines is 1. The molecule has 0 fully saturated rings. The first-order chi connectivity index (χ1) is 11.3. The van der Waals surface area contributed by atoms with E-state index in [0.29, 0.717) is 24.6 Å². The summed E-state index contributed by atoms with van der Waals surface area (Å²) in [5.41, 5.74) is 4.35. The van der Waals surface area contributed by atoms with Crippen LogP contribution in [-0.4, -0.2) is 27.6 Å². The van der Waals surface area contributed by atoms with E-state index in [1.54, 1.807) is 0 Å². The van der Waals surface area contributed by atoms with Gasteiger partial charge in [-0.3, -0.25) is 9.89 Å². The van der Waals surface area contributed by atoms with E-state index in [-0.39, 0.29) is 5.91 Å². The van der Waals surface area contributed by atoms with Crippen molar-refractivity contribution in [2.75, 3.05) is 6.54 Å². The van der Waals surface area contributed by atoms with E-state index in [2.05, 4.69) is 20.5 Å². The molecule has 3 aromatic rings. The average Bonchev–Trinajstić information content (AvgIpc) is 3.18. The number of hydrogen-bond donors (Lipinski definition) is 2. The van der Waals surface area contributed by atoms with Crippen molar-refractivity contribution in [2.45, 2.75) is 32.1 Å². The Balaban J connectivity index is 1.39. The van der Waals surface area contributed by atoms with Crippen molar-refractivity contribution >= 4 is 17.0 Å². The van der Waals surface area contributed by atoms with Crippen LogP contribution in [0.5, 0.6) is 0 Å². The number of nitrogens with zero attached hydrogens (tertiary/aromatic N) is 2. The summed E-state index contributed by atoms with van der Waals surface area (Å²) in [7, 11) is 0. The zero-order valence-electron chi connectivity index (χ0n) is 12.8. The summed E-state index contributed by atoms with van der Waals surface area (Å²) in [6, 6.07) is 7.65. The number of aromatic nitrogens is 3. The maximum atomic E-state index is 12.3. The Kier molecular flexibility index (Phi) is 3.57. The lowest BCUT2D eigenvalue weighted by Crippen LogP contribution is -2.27. The highest BCUT2D eigenvalue weighted by Crippen LogP contribution is 2.22. The largest absolute Gasteiger partial charge is 0.441 e. The molecule has 2 aromatic heterocycles. The molecule has 23 heavy (non-hydrogen) atoms. The number of para-hydroxylation sites is 2. The number of fused-ring (bicyclic) bond motifs is 2. The highest BCUT2D eigenvalue weighted by atomic mass is 16.3. The SMILES string of the molecule is O=C(NCCc1nc2ccccc2o1)c1n[nH]c2c1CCCC2. The zero-order valence-corrected chi connectivity index (χ0v) is 12.8. The molecular formula is C17H18N4O2. The highest BCUT2D eigenvalue weighted by Gasteiger charge is 2.21. The number of benzene rings is 1. The molecule has 2 N–H and O–H groups in total. The van der Waals surface area contributed by atoms with Crippen LogP contribution in [0.4, 0.5) is 0 Å². The summed E-state index contributed by atoms with van der Waals surface area (Å²) < 4.78 is 5.65. The minimum Gasteiger partial charge on any atom is -0.441 e. The molecule has 0 spiro atoms. The van der Waals surface area contributed by atoms with Gasteiger partial charge in [-0.1, -0.05) is 12.1 Å². The van der Waals surface area contributed by atoms with E-state index in [1.165, 1.54) is 0 Å². The lowest BCUT2D eigenvalue weighted by atomic mass is 9.96. The first kappa shape index (κ1) is 14.0. The molecule has 2 heterocycles. The number of carbonyl (C=O) groups excluding carboxylic acids is 1. The van der Waals surface area contributed by atoms with Crippen LogP contribution in [0.3, 0.4) is 0 Å². The van der Waals surface area contributed by atoms with Gasteiger partial charge in [-0.15, -0.1) is 0 Å². The highest BCUT2D eigenvalue weighted by molar-refractivity contribution is 5.94. The van der Waals surface area contributed by atoms with Gasteiger partial charge in [0.1, 0.15) is 5.52 Å². The molecule has 0 atom stereocenters. The van der Waals surface area contributed by atoms with E-state index >= 15 is 0 Å². The Hall–Kier alpha value is -2.63. The fourth-order valence-corrected chi connectivity index (χ4v) is 3.06. The Bertz CT molecular complexity index is 816. The van der Waals surface area contributed by atoms with Crippen molar-refractivity contribution in [2.24, 2.45) is 0 Å². The topological polar surface area (TPSA) is 83.8 Å². The predicted molar refractivity (Wildman–Crippen MR) is 85.3 cm³/mol. The molecule has 0 aliphatic heterocycles. The number of nitrogens with one attached hydrogen (secondary N) is 2. The lowest BCUT2D eigenvalue weighted by Gasteiger charge is -2.10. The van der Waals surface area contributed by atoms with Crippen molar-refractivity contribution in [3.8, 4) is 0 Å². The molecule has 118 valence electrons. The summed E-state index contributed by atoms with van der Waals surface area (Å²) in [4.78, 5) is 16.7. The second-order valence-corrected chi connectivity index (χ2v) is 5.82. The van der Waals surface area contributed by atoms with Crippen LogP contribution in [0.25, 0.3) is 11.1 Å². The molecule has 0 unspecified atom stereocenters. The van der Waals surface area contributed by atoms with Crippen LogP contribution in [0.2, 0.25) is 0 Å². The van der Waals surface area contributed by atoms with Gasteiger partial charge in [-0.2, -0.15) is 5.10 Å². The molecule has 4 rings (SSSR count). The van der Waals surface area contributed by atoms with Gasteiger partial charge in [-0.05, 0) is 37.8 Å². The number of rotatable bonds is 4. The van der Waals surface area contributed by atoms with Crippen LogP contribution >= 0.6 is 0 Å². The van der Waals surface area contributed by atoms with Gasteiger partial charge < -0.3 is 9.73 Å². The Labute approximate surface area is 133 Å². The minimum absolute atomic E-state index is 0.125. The normalized spacial score (nSPS) is 13.9. The van der Waals surface area contributed by atoms with E-state index < -0.39 is 0 Å². The standard InChI is InChI=1S/C17H18N4O2/c22-17(16-11-5-1-2-6-12(11)20-21-16)18-10-9-15-19-13-7-3-4-8-14(13)23-15/h3-4,7-8H,1-2,5-6,9-10H2,(H,18,22)(H,20,21). The summed E-state index contributed by atoms with van der Waals surface area (Å²) >= 11 is 0. The molecular weight excluding hydrogens is 292 g/mol. The lowest BCUT2D eigenvalue weighted by molar-refractivity contribution is 0.0947. The number of oxazole rings is 1. The molecule has 0 saturated carbocycles. The number of hydrogen-bond acceptors (Lipinski definition) is 4. The van der Waals surface area contributed by atoms with Gasteiger partial charge >= 0.3 is 0 Å². The van der Waals surface area contributed by atoms with E-state index in [4.69, 9.17) is 4.42 Å². The van der Waals surface area contributed by atoms with Crippen LogP contribution in [0.15, 0.2) is 28.7 Å². The third-order valence-electron chi connectivity index (χ3n) is 4.23. The second-order valence-electron chi connectivity index (χ2n) is 5.82. The van der Waals surface area contributed by atoms with Crippen LogP contribution in [0.1, 0.15) is 40.5 Å². The first-order valence-corrected chi connectivity index (χ1v) is 8.00.